The van der Waals surface area contributed by atoms with Crippen LogP contribution in [-0.2, 0) is 9.59 Å². The molecule has 1 atom stereocenters. The van der Waals surface area contributed by atoms with E-state index < -0.39 is 0 Å². The highest BCUT2D eigenvalue weighted by molar-refractivity contribution is 5.97. The molecular weight excluding hydrogens is 306 g/mol. The third-order valence-electron chi connectivity index (χ3n) is 3.84. The Bertz CT molecular complexity index is 559. The first-order valence-electron chi connectivity index (χ1n) is 7.28. The third kappa shape index (κ3) is 4.11. The number of carbonyl (C=O) groups excluding carboxylic acids is 2. The van der Waals surface area contributed by atoms with Gasteiger partial charge in [-0.1, -0.05) is 0 Å². The summed E-state index contributed by atoms with van der Waals surface area (Å²) in [4.78, 5) is 23.1. The maximum atomic E-state index is 11.9. The van der Waals surface area contributed by atoms with Crippen LogP contribution in [0.15, 0.2) is 18.2 Å². The van der Waals surface area contributed by atoms with E-state index in [9.17, 15) is 9.59 Å². The summed E-state index contributed by atoms with van der Waals surface area (Å²) in [5.74, 6) is 1.05. The Hall–Kier alpha value is -1.79. The number of rotatable bonds is 4. The third-order valence-corrected chi connectivity index (χ3v) is 3.84. The van der Waals surface area contributed by atoms with Gasteiger partial charge in [0.15, 0.2) is 6.61 Å². The van der Waals surface area contributed by atoms with Crippen molar-refractivity contribution in [1.29, 1.82) is 0 Å². The first-order chi connectivity index (χ1) is 10.2. The number of benzene rings is 1. The van der Waals surface area contributed by atoms with E-state index in [0.29, 0.717) is 29.5 Å². The van der Waals surface area contributed by atoms with Gasteiger partial charge >= 0.3 is 0 Å². The Balaban J connectivity index is 0.00000176. The van der Waals surface area contributed by atoms with Crippen molar-refractivity contribution < 1.29 is 14.3 Å². The molecule has 1 saturated heterocycles. The van der Waals surface area contributed by atoms with Crippen molar-refractivity contribution in [2.24, 2.45) is 5.92 Å². The number of nitrogens with one attached hydrogen (secondary N) is 3. The van der Waals surface area contributed by atoms with Crippen molar-refractivity contribution in [3.05, 3.63) is 18.2 Å². The van der Waals surface area contributed by atoms with Gasteiger partial charge in [0.1, 0.15) is 5.75 Å². The van der Waals surface area contributed by atoms with Gasteiger partial charge in [-0.3, -0.25) is 9.59 Å². The maximum absolute atomic E-state index is 11.9. The van der Waals surface area contributed by atoms with E-state index in [-0.39, 0.29) is 30.8 Å². The fourth-order valence-electron chi connectivity index (χ4n) is 2.67. The topological polar surface area (TPSA) is 79.5 Å². The van der Waals surface area contributed by atoms with Crippen molar-refractivity contribution in [3.63, 3.8) is 0 Å². The molecule has 3 N–H and O–H groups in total. The Morgan fingerprint density at radius 1 is 1.41 bits per heavy atom. The van der Waals surface area contributed by atoms with Crippen LogP contribution in [-0.4, -0.2) is 31.5 Å². The number of carbonyl (C=O) groups is 2. The monoisotopic (exact) mass is 325 g/mol. The fourth-order valence-corrected chi connectivity index (χ4v) is 2.67. The molecule has 1 unspecified atom stereocenters. The average molecular weight is 326 g/mol. The van der Waals surface area contributed by atoms with Crippen molar-refractivity contribution in [2.75, 3.05) is 30.3 Å². The van der Waals surface area contributed by atoms with E-state index in [4.69, 9.17) is 4.74 Å². The lowest BCUT2D eigenvalue weighted by Crippen LogP contribution is -2.25. The molecule has 2 amide bonds. The van der Waals surface area contributed by atoms with Crippen LogP contribution in [0.1, 0.15) is 19.3 Å². The molecule has 2 aliphatic heterocycles. The molecule has 22 heavy (non-hydrogen) atoms. The van der Waals surface area contributed by atoms with Crippen LogP contribution >= 0.6 is 12.4 Å². The summed E-state index contributed by atoms with van der Waals surface area (Å²) in [6, 6.07) is 5.25. The molecule has 0 spiro atoms. The average Bonchev–Trinajstić information content (AvgIpc) is 2.99. The van der Waals surface area contributed by atoms with Crippen LogP contribution in [0, 0.1) is 5.92 Å². The molecule has 0 saturated carbocycles. The molecule has 6 nitrogen and oxygen atoms in total. The molecule has 1 aromatic carbocycles. The van der Waals surface area contributed by atoms with E-state index in [1.807, 2.05) is 0 Å². The summed E-state index contributed by atoms with van der Waals surface area (Å²) in [5, 5.41) is 8.90. The van der Waals surface area contributed by atoms with Crippen LogP contribution in [0.4, 0.5) is 11.4 Å². The number of halogens is 1. The SMILES string of the molecule is Cl.O=C(CCC1CCNC1)Nc1ccc2c(c1)OCC(=O)N2. The van der Waals surface area contributed by atoms with E-state index in [2.05, 4.69) is 16.0 Å². The Kier molecular flexibility index (Phi) is 5.63. The molecule has 7 heteroatoms. The molecular formula is C15H20ClN3O3. The van der Waals surface area contributed by atoms with Gasteiger partial charge in [-0.2, -0.15) is 0 Å². The van der Waals surface area contributed by atoms with Gasteiger partial charge in [-0.05, 0) is 44.0 Å². The highest BCUT2D eigenvalue weighted by Gasteiger charge is 2.18. The van der Waals surface area contributed by atoms with Gasteiger partial charge in [0.2, 0.25) is 5.91 Å². The van der Waals surface area contributed by atoms with Crippen molar-refractivity contribution in [3.8, 4) is 5.75 Å². The minimum Gasteiger partial charge on any atom is -0.482 e. The molecule has 120 valence electrons. The molecule has 0 aliphatic carbocycles. The summed E-state index contributed by atoms with van der Waals surface area (Å²) in [7, 11) is 0. The number of hydrogen-bond donors (Lipinski definition) is 3. The van der Waals surface area contributed by atoms with Gasteiger partial charge in [0.05, 0.1) is 5.69 Å². The predicted octanol–water partition coefficient (Wildman–Crippen LogP) is 1.77. The summed E-state index contributed by atoms with van der Waals surface area (Å²) >= 11 is 0. The molecule has 0 bridgehead atoms. The Morgan fingerprint density at radius 3 is 3.05 bits per heavy atom. The van der Waals surface area contributed by atoms with Crippen LogP contribution in [0.25, 0.3) is 0 Å². The van der Waals surface area contributed by atoms with E-state index in [0.717, 1.165) is 25.9 Å². The first kappa shape index (κ1) is 16.6. The molecule has 0 radical (unpaired) electrons. The van der Waals surface area contributed by atoms with E-state index in [1.54, 1.807) is 18.2 Å². The second kappa shape index (κ2) is 7.47. The number of fused-ring (bicyclic) bond motifs is 1. The van der Waals surface area contributed by atoms with Gasteiger partial charge in [-0.25, -0.2) is 0 Å². The normalized spacial score (nSPS) is 19.5. The zero-order valence-electron chi connectivity index (χ0n) is 12.2. The lowest BCUT2D eigenvalue weighted by molar-refractivity contribution is -0.118. The van der Waals surface area contributed by atoms with Gasteiger partial charge in [-0.15, -0.1) is 12.4 Å². The zero-order valence-corrected chi connectivity index (χ0v) is 13.0. The number of ether oxygens (including phenoxy) is 1. The molecule has 2 aliphatic rings. The Morgan fingerprint density at radius 2 is 2.27 bits per heavy atom. The van der Waals surface area contributed by atoms with Crippen molar-refractivity contribution >= 4 is 35.6 Å². The fraction of sp³-hybridized carbons (Fsp3) is 0.467. The van der Waals surface area contributed by atoms with E-state index in [1.165, 1.54) is 0 Å². The summed E-state index contributed by atoms with van der Waals surface area (Å²) < 4.78 is 5.33. The molecule has 3 rings (SSSR count). The predicted molar refractivity (Wildman–Crippen MR) is 86.7 cm³/mol. The van der Waals surface area contributed by atoms with Crippen molar-refractivity contribution in [1.82, 2.24) is 5.32 Å². The van der Waals surface area contributed by atoms with Crippen LogP contribution in [0.5, 0.6) is 5.75 Å². The van der Waals surface area contributed by atoms with Gasteiger partial charge in [0, 0.05) is 18.2 Å². The number of anilines is 2. The second-order valence-electron chi connectivity index (χ2n) is 5.49. The quantitative estimate of drug-likeness (QED) is 0.788. The standard InChI is InChI=1S/C15H19N3O3.ClH/c19-14(4-1-10-5-6-16-8-10)17-11-2-3-12-13(7-11)21-9-15(20)18-12;/h2-3,7,10,16H,1,4-6,8-9H2,(H,17,19)(H,18,20);1H. The molecule has 0 aromatic heterocycles. The summed E-state index contributed by atoms with van der Waals surface area (Å²) in [6.45, 7) is 2.08. The van der Waals surface area contributed by atoms with Gasteiger partial charge < -0.3 is 20.7 Å². The first-order valence-corrected chi connectivity index (χ1v) is 7.28. The highest BCUT2D eigenvalue weighted by Crippen LogP contribution is 2.30. The highest BCUT2D eigenvalue weighted by atomic mass is 35.5. The van der Waals surface area contributed by atoms with Crippen LogP contribution < -0.4 is 20.7 Å². The Labute approximate surface area is 135 Å². The summed E-state index contributed by atoms with van der Waals surface area (Å²) in [6.07, 6.45) is 2.59. The zero-order chi connectivity index (χ0) is 14.7. The van der Waals surface area contributed by atoms with Crippen LogP contribution in [0.3, 0.4) is 0 Å². The van der Waals surface area contributed by atoms with Crippen LogP contribution in [0.2, 0.25) is 0 Å². The minimum atomic E-state index is -0.163. The number of hydrogen-bond acceptors (Lipinski definition) is 4. The number of amides is 2. The van der Waals surface area contributed by atoms with Gasteiger partial charge in [0.25, 0.3) is 5.91 Å². The molecule has 1 fully saturated rings. The second-order valence-corrected chi connectivity index (χ2v) is 5.49. The maximum Gasteiger partial charge on any atom is 0.262 e. The molecule has 2 heterocycles. The molecule has 1 aromatic rings. The smallest absolute Gasteiger partial charge is 0.262 e. The minimum absolute atomic E-state index is 0. The lowest BCUT2D eigenvalue weighted by atomic mass is 10.0. The largest absolute Gasteiger partial charge is 0.482 e. The van der Waals surface area contributed by atoms with E-state index >= 15 is 0 Å². The lowest BCUT2D eigenvalue weighted by Gasteiger charge is -2.18. The van der Waals surface area contributed by atoms with Crippen molar-refractivity contribution in [2.45, 2.75) is 19.3 Å². The summed E-state index contributed by atoms with van der Waals surface area (Å²) in [5.41, 5.74) is 1.33.